The van der Waals surface area contributed by atoms with Gasteiger partial charge in [-0.05, 0) is 72.9 Å². The summed E-state index contributed by atoms with van der Waals surface area (Å²) in [6.45, 7) is 0. The van der Waals surface area contributed by atoms with Gasteiger partial charge in [-0.25, -0.2) is 4.79 Å². The molecule has 5 rings (SSSR count). The molecule has 33 heavy (non-hydrogen) atoms. The standard InChI is InChI=1S/C25H18ClN3O3S/c26-17-8-10-18(11-9-17)29-23(22(28-25(29)33)19-3-1-2-14-27-19)21-13-12-20(32-21)15-4-6-16(7-5-15)24(30)31/h1-14,22-23H,(H,28,33)(H,30,31)/t22-,23+/m0/s1. The van der Waals surface area contributed by atoms with Gasteiger partial charge in [0.15, 0.2) is 5.11 Å². The summed E-state index contributed by atoms with van der Waals surface area (Å²) in [6, 6.07) is 23.1. The fourth-order valence-electron chi connectivity index (χ4n) is 3.97. The molecule has 0 bridgehead atoms. The van der Waals surface area contributed by atoms with E-state index in [2.05, 4.69) is 10.3 Å². The van der Waals surface area contributed by atoms with E-state index in [1.54, 1.807) is 30.5 Å². The Labute approximate surface area is 200 Å². The molecule has 1 fully saturated rings. The minimum absolute atomic E-state index is 0.222. The topological polar surface area (TPSA) is 78.6 Å². The number of carboxylic acid groups (broad SMARTS) is 1. The van der Waals surface area contributed by atoms with Gasteiger partial charge in [-0.2, -0.15) is 0 Å². The fourth-order valence-corrected chi connectivity index (χ4v) is 4.44. The van der Waals surface area contributed by atoms with E-state index in [1.165, 1.54) is 0 Å². The number of rotatable bonds is 5. The molecule has 8 heteroatoms. The normalized spacial score (nSPS) is 17.7. The van der Waals surface area contributed by atoms with Gasteiger partial charge >= 0.3 is 5.97 Å². The Morgan fingerprint density at radius 3 is 2.45 bits per heavy atom. The SMILES string of the molecule is O=C(O)c1ccc(-c2ccc([C@@H]3[C@H](c4ccccn4)NC(=S)N3c3ccc(Cl)cc3)o2)cc1. The minimum atomic E-state index is -0.968. The number of pyridine rings is 1. The summed E-state index contributed by atoms with van der Waals surface area (Å²) in [6.07, 6.45) is 1.75. The van der Waals surface area contributed by atoms with Gasteiger partial charge in [0.1, 0.15) is 17.6 Å². The number of hydrogen-bond donors (Lipinski definition) is 2. The van der Waals surface area contributed by atoms with E-state index >= 15 is 0 Å². The molecule has 1 saturated heterocycles. The number of carboxylic acids is 1. The number of carbonyl (C=O) groups is 1. The summed E-state index contributed by atoms with van der Waals surface area (Å²) >= 11 is 11.8. The van der Waals surface area contributed by atoms with Crippen molar-refractivity contribution in [3.05, 3.63) is 107 Å². The zero-order valence-corrected chi connectivity index (χ0v) is 18.8. The highest BCUT2D eigenvalue weighted by Crippen LogP contribution is 2.43. The maximum Gasteiger partial charge on any atom is 0.335 e. The van der Waals surface area contributed by atoms with Crippen molar-refractivity contribution in [1.82, 2.24) is 10.3 Å². The summed E-state index contributed by atoms with van der Waals surface area (Å²) in [4.78, 5) is 17.7. The third-order valence-corrected chi connectivity index (χ3v) is 6.10. The molecule has 1 aliphatic heterocycles. The molecule has 0 unspecified atom stereocenters. The Kier molecular flexibility index (Phi) is 5.58. The molecule has 0 spiro atoms. The van der Waals surface area contributed by atoms with E-state index in [0.717, 1.165) is 16.9 Å². The lowest BCUT2D eigenvalue weighted by molar-refractivity contribution is 0.0697. The van der Waals surface area contributed by atoms with E-state index in [0.29, 0.717) is 21.7 Å². The van der Waals surface area contributed by atoms with Gasteiger partial charge in [0.05, 0.1) is 17.3 Å². The highest BCUT2D eigenvalue weighted by atomic mass is 35.5. The maximum atomic E-state index is 11.2. The first kappa shape index (κ1) is 21.2. The lowest BCUT2D eigenvalue weighted by Crippen LogP contribution is -2.29. The molecule has 0 aliphatic carbocycles. The summed E-state index contributed by atoms with van der Waals surface area (Å²) in [5.41, 5.74) is 2.72. The highest BCUT2D eigenvalue weighted by Gasteiger charge is 2.42. The van der Waals surface area contributed by atoms with Crippen LogP contribution in [0.5, 0.6) is 0 Å². The van der Waals surface area contributed by atoms with Gasteiger partial charge in [-0.15, -0.1) is 0 Å². The van der Waals surface area contributed by atoms with Crippen molar-refractivity contribution in [3.63, 3.8) is 0 Å². The second kappa shape index (κ2) is 8.69. The lowest BCUT2D eigenvalue weighted by atomic mass is 10.0. The second-order valence-electron chi connectivity index (χ2n) is 7.56. The van der Waals surface area contributed by atoms with Crippen LogP contribution in [0.3, 0.4) is 0 Å². The third-order valence-electron chi connectivity index (χ3n) is 5.54. The molecular weight excluding hydrogens is 458 g/mol. The number of halogens is 1. The summed E-state index contributed by atoms with van der Waals surface area (Å²) < 4.78 is 6.29. The first-order valence-electron chi connectivity index (χ1n) is 10.2. The van der Waals surface area contributed by atoms with Crippen molar-refractivity contribution in [2.45, 2.75) is 12.1 Å². The number of nitrogens with zero attached hydrogens (tertiary/aromatic N) is 2. The zero-order valence-electron chi connectivity index (χ0n) is 17.2. The van der Waals surface area contributed by atoms with Gasteiger partial charge in [0.2, 0.25) is 0 Å². The largest absolute Gasteiger partial charge is 0.478 e. The number of nitrogens with one attached hydrogen (secondary N) is 1. The molecule has 2 aromatic heterocycles. The molecule has 0 saturated carbocycles. The molecular formula is C25H18ClN3O3S. The predicted octanol–water partition coefficient (Wildman–Crippen LogP) is 5.87. The van der Waals surface area contributed by atoms with Crippen LogP contribution in [-0.4, -0.2) is 21.2 Å². The van der Waals surface area contributed by atoms with Crippen molar-refractivity contribution in [2.24, 2.45) is 0 Å². The second-order valence-corrected chi connectivity index (χ2v) is 8.38. The van der Waals surface area contributed by atoms with Gasteiger partial charge in [0, 0.05) is 22.5 Å². The quantitative estimate of drug-likeness (QED) is 0.349. The first-order valence-corrected chi connectivity index (χ1v) is 11.0. The van der Waals surface area contributed by atoms with E-state index < -0.39 is 5.97 Å². The summed E-state index contributed by atoms with van der Waals surface area (Å²) in [5, 5.41) is 13.7. The summed E-state index contributed by atoms with van der Waals surface area (Å²) in [5.74, 6) is 0.366. The Balaban J connectivity index is 1.56. The van der Waals surface area contributed by atoms with E-state index in [-0.39, 0.29) is 17.6 Å². The van der Waals surface area contributed by atoms with Crippen molar-refractivity contribution in [1.29, 1.82) is 0 Å². The van der Waals surface area contributed by atoms with Crippen molar-refractivity contribution < 1.29 is 14.3 Å². The van der Waals surface area contributed by atoms with Crippen molar-refractivity contribution >= 4 is 40.6 Å². The first-order chi connectivity index (χ1) is 16.0. The minimum Gasteiger partial charge on any atom is -0.478 e. The Morgan fingerprint density at radius 1 is 1.03 bits per heavy atom. The van der Waals surface area contributed by atoms with Crippen molar-refractivity contribution in [3.8, 4) is 11.3 Å². The molecule has 1 aliphatic rings. The molecule has 3 heterocycles. The van der Waals surface area contributed by atoms with E-state index in [9.17, 15) is 4.79 Å². The van der Waals surface area contributed by atoms with Crippen LogP contribution < -0.4 is 10.2 Å². The molecule has 6 nitrogen and oxygen atoms in total. The number of thiocarbonyl (C=S) groups is 1. The lowest BCUT2D eigenvalue weighted by Gasteiger charge is -2.26. The third kappa shape index (κ3) is 4.08. The van der Waals surface area contributed by atoms with E-state index in [4.69, 9.17) is 33.3 Å². The predicted molar refractivity (Wildman–Crippen MR) is 130 cm³/mol. The molecule has 0 amide bonds. The van der Waals surface area contributed by atoms with Gasteiger partial charge in [-0.3, -0.25) is 4.98 Å². The maximum absolute atomic E-state index is 11.2. The van der Waals surface area contributed by atoms with Crippen LogP contribution in [0.1, 0.15) is 33.9 Å². The number of aromatic nitrogens is 1. The highest BCUT2D eigenvalue weighted by molar-refractivity contribution is 7.80. The fraction of sp³-hybridized carbons (Fsp3) is 0.0800. The van der Waals surface area contributed by atoms with Crippen LogP contribution >= 0.6 is 23.8 Å². The number of furan rings is 1. The van der Waals surface area contributed by atoms with Crippen LogP contribution in [0.25, 0.3) is 11.3 Å². The summed E-state index contributed by atoms with van der Waals surface area (Å²) in [7, 11) is 0. The van der Waals surface area contributed by atoms with Crippen LogP contribution in [0.4, 0.5) is 5.69 Å². The average Bonchev–Trinajstić information content (AvgIpc) is 3.45. The van der Waals surface area contributed by atoms with Crippen LogP contribution in [0.2, 0.25) is 5.02 Å². The van der Waals surface area contributed by atoms with Crippen LogP contribution in [0.15, 0.2) is 89.5 Å². The van der Waals surface area contributed by atoms with Crippen molar-refractivity contribution in [2.75, 3.05) is 4.90 Å². The Hall–Kier alpha value is -3.68. The van der Waals surface area contributed by atoms with Gasteiger partial charge in [-0.1, -0.05) is 29.8 Å². The Morgan fingerprint density at radius 2 is 1.79 bits per heavy atom. The molecule has 2 atom stereocenters. The van der Waals surface area contributed by atoms with Crippen LogP contribution in [0, 0.1) is 0 Å². The molecule has 0 radical (unpaired) electrons. The molecule has 2 N–H and O–H groups in total. The van der Waals surface area contributed by atoms with Gasteiger partial charge in [0.25, 0.3) is 0 Å². The number of benzene rings is 2. The van der Waals surface area contributed by atoms with Gasteiger partial charge < -0.3 is 19.7 Å². The number of aromatic carboxylic acids is 1. The van der Waals surface area contributed by atoms with E-state index in [1.807, 2.05) is 59.5 Å². The molecule has 2 aromatic carbocycles. The molecule has 164 valence electrons. The number of hydrogen-bond acceptors (Lipinski definition) is 4. The average molecular weight is 476 g/mol. The zero-order chi connectivity index (χ0) is 22.9. The number of anilines is 1. The smallest absolute Gasteiger partial charge is 0.335 e. The monoisotopic (exact) mass is 475 g/mol. The molecule has 4 aromatic rings. The Bertz CT molecular complexity index is 1310. The van der Waals surface area contributed by atoms with Crippen LogP contribution in [-0.2, 0) is 0 Å².